The predicted molar refractivity (Wildman–Crippen MR) is 44.9 cm³/mol. The molecule has 0 fully saturated rings. The first-order valence-electron chi connectivity index (χ1n) is 3.75. The Morgan fingerprint density at radius 3 is 2.60 bits per heavy atom. The Morgan fingerprint density at radius 1 is 1.50 bits per heavy atom. The molecule has 0 unspecified atom stereocenters. The Bertz CT molecular complexity index is 123. The van der Waals surface area contributed by atoms with Gasteiger partial charge in [-0.15, -0.1) is 0 Å². The molecule has 0 aromatic heterocycles. The molecule has 0 aliphatic rings. The highest BCUT2D eigenvalue weighted by Crippen LogP contribution is 2.02. The van der Waals surface area contributed by atoms with Gasteiger partial charge in [-0.1, -0.05) is 25.2 Å². The Labute approximate surface area is 63.1 Å². The Hall–Kier alpha value is -0.560. The zero-order chi connectivity index (χ0) is 7.82. The highest BCUT2D eigenvalue weighted by Gasteiger charge is 1.88. The fraction of sp³-hybridized carbons (Fsp3) is 0.556. The number of hydrogen-bond acceptors (Lipinski definition) is 1. The average Bonchev–Trinajstić information content (AvgIpc) is 1.98. The fourth-order valence-electron chi connectivity index (χ4n) is 0.770. The van der Waals surface area contributed by atoms with Gasteiger partial charge >= 0.3 is 0 Å². The van der Waals surface area contributed by atoms with Gasteiger partial charge in [0, 0.05) is 0 Å². The van der Waals surface area contributed by atoms with Crippen molar-refractivity contribution >= 4 is 0 Å². The minimum Gasteiger partial charge on any atom is -0.392 e. The Kier molecular flexibility index (Phi) is 6.19. The first kappa shape index (κ1) is 9.44. The van der Waals surface area contributed by atoms with E-state index in [-0.39, 0.29) is 6.61 Å². The highest BCUT2D eigenvalue weighted by atomic mass is 16.3. The normalized spacial score (nSPS) is 12.9. The van der Waals surface area contributed by atoms with Gasteiger partial charge in [0.2, 0.25) is 0 Å². The highest BCUT2D eigenvalue weighted by molar-refractivity contribution is 5.06. The van der Waals surface area contributed by atoms with Gasteiger partial charge in [-0.3, -0.25) is 0 Å². The van der Waals surface area contributed by atoms with Crippen molar-refractivity contribution in [2.24, 2.45) is 0 Å². The van der Waals surface area contributed by atoms with Crippen molar-refractivity contribution in [1.29, 1.82) is 0 Å². The lowest BCUT2D eigenvalue weighted by molar-refractivity contribution is 0.328. The first-order chi connectivity index (χ1) is 4.85. The van der Waals surface area contributed by atoms with Crippen LogP contribution in [0, 0.1) is 0 Å². The minimum absolute atomic E-state index is 0.193. The molecule has 58 valence electrons. The summed E-state index contributed by atoms with van der Waals surface area (Å²) < 4.78 is 0. The van der Waals surface area contributed by atoms with Crippen LogP contribution in [0.15, 0.2) is 23.8 Å². The number of hydrogen-bond donors (Lipinski definition) is 1. The van der Waals surface area contributed by atoms with Crippen molar-refractivity contribution < 1.29 is 5.11 Å². The van der Waals surface area contributed by atoms with E-state index in [0.717, 1.165) is 18.4 Å². The van der Waals surface area contributed by atoms with Crippen molar-refractivity contribution in [2.75, 3.05) is 6.61 Å². The van der Waals surface area contributed by atoms with Crippen LogP contribution < -0.4 is 0 Å². The molecular weight excluding hydrogens is 124 g/mol. The maximum Gasteiger partial charge on any atom is 0.0644 e. The smallest absolute Gasteiger partial charge is 0.0644 e. The Morgan fingerprint density at radius 2 is 2.20 bits per heavy atom. The molecule has 0 spiro atoms. The molecule has 1 nitrogen and oxygen atoms in total. The van der Waals surface area contributed by atoms with E-state index in [1.807, 2.05) is 13.0 Å². The lowest BCUT2D eigenvalue weighted by atomic mass is 10.1. The van der Waals surface area contributed by atoms with E-state index in [1.54, 1.807) is 0 Å². The fourth-order valence-corrected chi connectivity index (χ4v) is 0.770. The summed E-state index contributed by atoms with van der Waals surface area (Å²) in [5.41, 5.74) is 1.11. The predicted octanol–water partition coefficient (Wildman–Crippen LogP) is 2.28. The largest absolute Gasteiger partial charge is 0.392 e. The topological polar surface area (TPSA) is 20.2 Å². The van der Waals surface area contributed by atoms with Crippen LogP contribution in [-0.2, 0) is 0 Å². The van der Waals surface area contributed by atoms with Crippen LogP contribution in [0.25, 0.3) is 0 Å². The third-order valence-corrected chi connectivity index (χ3v) is 1.31. The van der Waals surface area contributed by atoms with E-state index in [2.05, 4.69) is 19.1 Å². The van der Waals surface area contributed by atoms with Crippen molar-refractivity contribution in [3.05, 3.63) is 23.8 Å². The van der Waals surface area contributed by atoms with Crippen LogP contribution in [0.5, 0.6) is 0 Å². The van der Waals surface area contributed by atoms with E-state index in [1.165, 1.54) is 0 Å². The maximum absolute atomic E-state index is 8.78. The summed E-state index contributed by atoms with van der Waals surface area (Å²) in [5, 5.41) is 8.78. The summed E-state index contributed by atoms with van der Waals surface area (Å²) in [7, 11) is 0. The summed E-state index contributed by atoms with van der Waals surface area (Å²) in [6.45, 7) is 4.25. The molecule has 0 aromatic rings. The molecule has 0 atom stereocenters. The molecule has 0 aliphatic heterocycles. The van der Waals surface area contributed by atoms with Crippen molar-refractivity contribution in [1.82, 2.24) is 0 Å². The summed E-state index contributed by atoms with van der Waals surface area (Å²) in [5.74, 6) is 0. The van der Waals surface area contributed by atoms with Gasteiger partial charge in [-0.2, -0.15) is 0 Å². The van der Waals surface area contributed by atoms with Gasteiger partial charge in [-0.05, 0) is 25.3 Å². The molecule has 0 saturated carbocycles. The lowest BCUT2D eigenvalue weighted by Gasteiger charge is -1.96. The molecule has 0 amide bonds. The van der Waals surface area contributed by atoms with E-state index >= 15 is 0 Å². The van der Waals surface area contributed by atoms with Crippen LogP contribution in [-0.4, -0.2) is 11.7 Å². The van der Waals surface area contributed by atoms with Crippen LogP contribution in [0.1, 0.15) is 26.7 Å². The zero-order valence-corrected chi connectivity index (χ0v) is 6.80. The van der Waals surface area contributed by atoms with Crippen LogP contribution in [0.3, 0.4) is 0 Å². The third kappa shape index (κ3) is 4.33. The SMILES string of the molecule is C/C=C\C/C(=C\CC)CO. The molecule has 0 heterocycles. The molecule has 1 N–H and O–H groups in total. The Balaban J connectivity index is 3.71. The van der Waals surface area contributed by atoms with Gasteiger partial charge in [0.1, 0.15) is 0 Å². The van der Waals surface area contributed by atoms with Gasteiger partial charge in [0.15, 0.2) is 0 Å². The van der Waals surface area contributed by atoms with Crippen LogP contribution in [0.4, 0.5) is 0 Å². The van der Waals surface area contributed by atoms with E-state index in [0.29, 0.717) is 0 Å². The lowest BCUT2D eigenvalue weighted by Crippen LogP contribution is -1.87. The molecule has 0 saturated heterocycles. The summed E-state index contributed by atoms with van der Waals surface area (Å²) >= 11 is 0. The average molecular weight is 140 g/mol. The summed E-state index contributed by atoms with van der Waals surface area (Å²) in [6.07, 6.45) is 8.02. The van der Waals surface area contributed by atoms with Gasteiger partial charge in [0.05, 0.1) is 6.61 Å². The molecule has 0 aliphatic carbocycles. The van der Waals surface area contributed by atoms with E-state index in [4.69, 9.17) is 5.11 Å². The molecule has 0 bridgehead atoms. The van der Waals surface area contributed by atoms with Crippen molar-refractivity contribution in [3.63, 3.8) is 0 Å². The minimum atomic E-state index is 0.193. The van der Waals surface area contributed by atoms with Gasteiger partial charge in [0.25, 0.3) is 0 Å². The van der Waals surface area contributed by atoms with Gasteiger partial charge in [-0.25, -0.2) is 0 Å². The molecule has 1 heteroatoms. The number of aliphatic hydroxyl groups is 1. The molecule has 0 rings (SSSR count). The van der Waals surface area contributed by atoms with E-state index in [9.17, 15) is 0 Å². The number of allylic oxidation sites excluding steroid dienone is 3. The second-order valence-electron chi connectivity index (χ2n) is 2.20. The maximum atomic E-state index is 8.78. The number of rotatable bonds is 4. The zero-order valence-electron chi connectivity index (χ0n) is 6.80. The second kappa shape index (κ2) is 6.56. The monoisotopic (exact) mass is 140 g/mol. The standard InChI is InChI=1S/C9H16O/c1-3-5-7-9(8-10)6-4-2/h3,5-6,10H,4,7-8H2,1-2H3/b5-3-,9-6+. The van der Waals surface area contributed by atoms with Crippen molar-refractivity contribution in [3.8, 4) is 0 Å². The van der Waals surface area contributed by atoms with E-state index < -0.39 is 0 Å². The quantitative estimate of drug-likeness (QED) is 0.594. The van der Waals surface area contributed by atoms with Gasteiger partial charge < -0.3 is 5.11 Å². The molecular formula is C9H16O. The first-order valence-corrected chi connectivity index (χ1v) is 3.75. The summed E-state index contributed by atoms with van der Waals surface area (Å²) in [6, 6.07) is 0. The summed E-state index contributed by atoms with van der Waals surface area (Å²) in [4.78, 5) is 0. The van der Waals surface area contributed by atoms with Crippen LogP contribution in [0.2, 0.25) is 0 Å². The molecule has 10 heavy (non-hydrogen) atoms. The molecule has 0 radical (unpaired) electrons. The second-order valence-corrected chi connectivity index (χ2v) is 2.20. The number of aliphatic hydroxyl groups excluding tert-OH is 1. The molecule has 0 aromatic carbocycles. The third-order valence-electron chi connectivity index (χ3n) is 1.31. The van der Waals surface area contributed by atoms with Crippen LogP contribution >= 0.6 is 0 Å². The van der Waals surface area contributed by atoms with Crippen molar-refractivity contribution in [2.45, 2.75) is 26.7 Å².